The Balaban J connectivity index is 2.02. The first-order valence-electron chi connectivity index (χ1n) is 7.90. The van der Waals surface area contributed by atoms with Gasteiger partial charge in [-0.25, -0.2) is 9.97 Å². The first-order valence-corrected chi connectivity index (χ1v) is 7.90. The molecule has 8 heteroatoms. The number of hydrogen-bond donors (Lipinski definition) is 1. The van der Waals surface area contributed by atoms with Crippen LogP contribution in [-0.2, 0) is 6.18 Å². The van der Waals surface area contributed by atoms with Crippen molar-refractivity contribution in [2.24, 2.45) is 0 Å². The molecule has 1 N–H and O–H groups in total. The van der Waals surface area contributed by atoms with Crippen molar-refractivity contribution in [3.8, 4) is 17.3 Å². The van der Waals surface area contributed by atoms with E-state index in [9.17, 15) is 18.4 Å². The van der Waals surface area contributed by atoms with Crippen LogP contribution in [0.25, 0.3) is 11.3 Å². The summed E-state index contributed by atoms with van der Waals surface area (Å²) in [5, 5.41) is 12.5. The highest BCUT2D eigenvalue weighted by Gasteiger charge is 2.30. The summed E-state index contributed by atoms with van der Waals surface area (Å²) in [5.74, 6) is 0.504. The van der Waals surface area contributed by atoms with Crippen LogP contribution in [-0.4, -0.2) is 36.1 Å². The molecule has 0 unspecified atom stereocenters. The van der Waals surface area contributed by atoms with Gasteiger partial charge in [-0.3, -0.25) is 0 Å². The fourth-order valence-electron chi connectivity index (χ4n) is 2.72. The molecule has 3 rings (SSSR count). The van der Waals surface area contributed by atoms with E-state index >= 15 is 0 Å². The molecule has 1 aliphatic rings. The van der Waals surface area contributed by atoms with Crippen molar-refractivity contribution in [3.63, 3.8) is 0 Å². The van der Waals surface area contributed by atoms with Gasteiger partial charge >= 0.3 is 6.18 Å². The van der Waals surface area contributed by atoms with Gasteiger partial charge in [-0.2, -0.15) is 18.4 Å². The van der Waals surface area contributed by atoms with Crippen LogP contribution in [0.4, 0.5) is 19.0 Å². The van der Waals surface area contributed by atoms with Crippen LogP contribution in [0.5, 0.6) is 0 Å². The van der Waals surface area contributed by atoms with E-state index in [0.717, 1.165) is 38.2 Å². The monoisotopic (exact) mass is 347 g/mol. The number of aromatic nitrogens is 2. The molecule has 1 aromatic carbocycles. The van der Waals surface area contributed by atoms with Gasteiger partial charge in [0, 0.05) is 31.3 Å². The molecule has 0 amide bonds. The third-order valence-corrected chi connectivity index (χ3v) is 3.96. The summed E-state index contributed by atoms with van der Waals surface area (Å²) in [5.41, 5.74) is -0.129. The van der Waals surface area contributed by atoms with Crippen molar-refractivity contribution in [2.75, 3.05) is 31.1 Å². The lowest BCUT2D eigenvalue weighted by atomic mass is 10.1. The second-order valence-corrected chi connectivity index (χ2v) is 5.72. The molecule has 5 nitrogen and oxygen atoms in total. The molecule has 0 saturated carbocycles. The maximum Gasteiger partial charge on any atom is 0.416 e. The van der Waals surface area contributed by atoms with E-state index in [-0.39, 0.29) is 5.82 Å². The average Bonchev–Trinajstić information content (AvgIpc) is 2.90. The zero-order valence-electron chi connectivity index (χ0n) is 13.3. The highest BCUT2D eigenvalue weighted by atomic mass is 19.4. The number of rotatable bonds is 2. The molecule has 1 aromatic heterocycles. The van der Waals surface area contributed by atoms with Gasteiger partial charge in [0.2, 0.25) is 5.82 Å². The molecule has 0 bridgehead atoms. The Morgan fingerprint density at radius 3 is 2.72 bits per heavy atom. The van der Waals surface area contributed by atoms with E-state index in [2.05, 4.69) is 15.3 Å². The second-order valence-electron chi connectivity index (χ2n) is 5.72. The fraction of sp³-hybridized carbons (Fsp3) is 0.353. The molecule has 0 radical (unpaired) electrons. The maximum atomic E-state index is 12.9. The van der Waals surface area contributed by atoms with Crippen molar-refractivity contribution in [1.29, 1.82) is 5.26 Å². The van der Waals surface area contributed by atoms with Crippen molar-refractivity contribution in [1.82, 2.24) is 15.3 Å². The minimum absolute atomic E-state index is 0.0536. The molecule has 25 heavy (non-hydrogen) atoms. The zero-order chi connectivity index (χ0) is 17.9. The van der Waals surface area contributed by atoms with Crippen LogP contribution in [0.1, 0.15) is 17.8 Å². The molecule has 1 fully saturated rings. The summed E-state index contributed by atoms with van der Waals surface area (Å²) in [6.07, 6.45) is -3.51. The lowest BCUT2D eigenvalue weighted by Crippen LogP contribution is -2.28. The van der Waals surface area contributed by atoms with E-state index in [0.29, 0.717) is 23.6 Å². The van der Waals surface area contributed by atoms with Crippen molar-refractivity contribution < 1.29 is 13.2 Å². The molecular weight excluding hydrogens is 331 g/mol. The van der Waals surface area contributed by atoms with E-state index in [1.54, 1.807) is 12.1 Å². The van der Waals surface area contributed by atoms with E-state index < -0.39 is 11.7 Å². The SMILES string of the molecule is N#Cc1nc(-c2cccc(C(F)(F)F)c2)cc(N2CCCNCC2)n1. The largest absolute Gasteiger partial charge is 0.416 e. The lowest BCUT2D eigenvalue weighted by Gasteiger charge is -2.21. The molecular formula is C17H16F3N5. The Morgan fingerprint density at radius 2 is 1.96 bits per heavy atom. The third kappa shape index (κ3) is 4.06. The van der Waals surface area contributed by atoms with Gasteiger partial charge in [-0.1, -0.05) is 12.1 Å². The highest BCUT2D eigenvalue weighted by Crippen LogP contribution is 2.32. The summed E-state index contributed by atoms with van der Waals surface area (Å²) in [7, 11) is 0. The maximum absolute atomic E-state index is 12.9. The zero-order valence-corrected chi connectivity index (χ0v) is 13.3. The summed E-state index contributed by atoms with van der Waals surface area (Å²) >= 11 is 0. The molecule has 130 valence electrons. The Hall–Kier alpha value is -2.66. The Bertz CT molecular complexity index is 790. The van der Waals surface area contributed by atoms with Crippen LogP contribution in [0.15, 0.2) is 30.3 Å². The number of anilines is 1. The van der Waals surface area contributed by atoms with Crippen molar-refractivity contribution in [2.45, 2.75) is 12.6 Å². The fourth-order valence-corrected chi connectivity index (χ4v) is 2.72. The average molecular weight is 347 g/mol. The standard InChI is InChI=1S/C17H16F3N5/c18-17(19,20)13-4-1-3-12(9-13)14-10-16(24-15(11-21)23-14)25-7-2-5-22-6-8-25/h1,3-4,9-10,22H,2,5-8H2. The van der Waals surface area contributed by atoms with Gasteiger partial charge in [0.05, 0.1) is 11.3 Å². The van der Waals surface area contributed by atoms with Gasteiger partial charge in [0.1, 0.15) is 11.9 Å². The molecule has 0 aliphatic carbocycles. The van der Waals surface area contributed by atoms with Crippen LogP contribution in [0, 0.1) is 11.3 Å². The lowest BCUT2D eigenvalue weighted by molar-refractivity contribution is -0.137. The van der Waals surface area contributed by atoms with Gasteiger partial charge in [0.15, 0.2) is 0 Å². The summed E-state index contributed by atoms with van der Waals surface area (Å²) in [4.78, 5) is 10.3. The topological polar surface area (TPSA) is 64.8 Å². The Kier molecular flexibility index (Phi) is 4.86. The number of benzene rings is 1. The minimum Gasteiger partial charge on any atom is -0.355 e. The molecule has 1 aliphatic heterocycles. The summed E-state index contributed by atoms with van der Waals surface area (Å²) in [6.45, 7) is 3.15. The number of alkyl halides is 3. The van der Waals surface area contributed by atoms with E-state index in [4.69, 9.17) is 0 Å². The molecule has 0 spiro atoms. The van der Waals surface area contributed by atoms with Crippen LogP contribution in [0.2, 0.25) is 0 Å². The van der Waals surface area contributed by atoms with E-state index in [1.165, 1.54) is 6.07 Å². The smallest absolute Gasteiger partial charge is 0.355 e. The van der Waals surface area contributed by atoms with Crippen molar-refractivity contribution >= 4 is 5.82 Å². The Morgan fingerprint density at radius 1 is 1.12 bits per heavy atom. The molecule has 2 aromatic rings. The van der Waals surface area contributed by atoms with Gasteiger partial charge in [-0.05, 0) is 25.1 Å². The number of hydrogen-bond acceptors (Lipinski definition) is 5. The predicted molar refractivity (Wildman–Crippen MR) is 86.9 cm³/mol. The first-order chi connectivity index (χ1) is 12.0. The second kappa shape index (κ2) is 7.07. The summed E-state index contributed by atoms with van der Waals surface area (Å²) in [6, 6.07) is 8.46. The van der Waals surface area contributed by atoms with Gasteiger partial charge in [0.25, 0.3) is 0 Å². The van der Waals surface area contributed by atoms with Crippen molar-refractivity contribution in [3.05, 3.63) is 41.7 Å². The van der Waals surface area contributed by atoms with Gasteiger partial charge in [-0.15, -0.1) is 0 Å². The quantitative estimate of drug-likeness (QED) is 0.905. The predicted octanol–water partition coefficient (Wildman–Crippen LogP) is 2.83. The molecule has 2 heterocycles. The van der Waals surface area contributed by atoms with Crippen LogP contribution in [0.3, 0.4) is 0 Å². The van der Waals surface area contributed by atoms with Crippen LogP contribution < -0.4 is 10.2 Å². The van der Waals surface area contributed by atoms with E-state index in [1.807, 2.05) is 11.0 Å². The van der Waals surface area contributed by atoms with Gasteiger partial charge < -0.3 is 10.2 Å². The Labute approximate surface area is 143 Å². The normalized spacial score (nSPS) is 15.5. The molecule has 1 saturated heterocycles. The number of nitrogens with one attached hydrogen (secondary N) is 1. The minimum atomic E-state index is -4.43. The summed E-state index contributed by atoms with van der Waals surface area (Å²) < 4.78 is 38.8. The highest BCUT2D eigenvalue weighted by molar-refractivity contribution is 5.64. The third-order valence-electron chi connectivity index (χ3n) is 3.96. The number of nitriles is 1. The van der Waals surface area contributed by atoms with Crippen LogP contribution >= 0.6 is 0 Å². The number of halogens is 3. The number of nitrogens with zero attached hydrogens (tertiary/aromatic N) is 4. The molecule has 0 atom stereocenters. The first kappa shape index (κ1) is 17.2.